The number of hydrogen-bond donors (Lipinski definition) is 1. The first kappa shape index (κ1) is 32.2. The number of nitrogens with two attached hydrogens (primary N) is 1. The van der Waals surface area contributed by atoms with Crippen LogP contribution in [-0.4, -0.2) is 35.8 Å². The third-order valence-electron chi connectivity index (χ3n) is 7.72. The number of amides is 1. The van der Waals surface area contributed by atoms with Crippen LogP contribution in [0, 0.1) is 17.7 Å². The normalized spacial score (nSPS) is 16.6. The van der Waals surface area contributed by atoms with E-state index in [1.54, 1.807) is 10.6 Å². The van der Waals surface area contributed by atoms with Gasteiger partial charge in [-0.2, -0.15) is 13.2 Å². The molecule has 1 aliphatic carbocycles. The maximum Gasteiger partial charge on any atom is 0.391 e. The lowest BCUT2D eigenvalue weighted by molar-refractivity contribution is -0.171. The molecule has 1 aliphatic rings. The fourth-order valence-electron chi connectivity index (χ4n) is 5.12. The summed E-state index contributed by atoms with van der Waals surface area (Å²) in [4.78, 5) is 17.2. The average Bonchev–Trinajstić information content (AvgIpc) is 3.26. The molecule has 0 aliphatic heterocycles. The van der Waals surface area contributed by atoms with Crippen molar-refractivity contribution in [2.75, 3.05) is 5.75 Å². The van der Waals surface area contributed by atoms with Crippen LogP contribution in [0.25, 0.3) is 28.0 Å². The van der Waals surface area contributed by atoms with Gasteiger partial charge in [0.1, 0.15) is 5.82 Å². The number of halogens is 4. The number of nitrogens with zero attached hydrogens (tertiary/aromatic N) is 2. The highest BCUT2D eigenvalue weighted by Crippen LogP contribution is 2.38. The van der Waals surface area contributed by atoms with Crippen molar-refractivity contribution in [2.45, 2.75) is 63.9 Å². The molecule has 0 saturated carbocycles. The molecule has 3 aromatic rings. The smallest absolute Gasteiger partial charge is 0.366 e. The van der Waals surface area contributed by atoms with E-state index < -0.39 is 33.7 Å². The van der Waals surface area contributed by atoms with E-state index in [9.17, 15) is 30.8 Å². The zero-order chi connectivity index (χ0) is 31.5. The van der Waals surface area contributed by atoms with E-state index in [-0.39, 0.29) is 52.8 Å². The molecule has 230 valence electrons. The quantitative estimate of drug-likeness (QED) is 0.187. The van der Waals surface area contributed by atoms with Crippen molar-refractivity contribution in [3.05, 3.63) is 77.8 Å². The van der Waals surface area contributed by atoms with Crippen LogP contribution in [0.3, 0.4) is 0 Å². The Balaban J connectivity index is 1.79. The Kier molecular flexibility index (Phi) is 9.63. The second-order valence-electron chi connectivity index (χ2n) is 11.0. The van der Waals surface area contributed by atoms with E-state index >= 15 is 0 Å². The topological polar surface area (TPSA) is 95.1 Å². The summed E-state index contributed by atoms with van der Waals surface area (Å²) in [6.07, 6.45) is 7.86. The third-order valence-corrected chi connectivity index (χ3v) is 9.51. The number of carbonyl (C=O) groups is 1. The molecule has 0 saturated heterocycles. The second-order valence-corrected chi connectivity index (χ2v) is 13.1. The molecule has 11 heteroatoms. The summed E-state index contributed by atoms with van der Waals surface area (Å²) in [6.45, 7) is 4.97. The second kappa shape index (κ2) is 12.9. The summed E-state index contributed by atoms with van der Waals surface area (Å²) in [5, 5.41) is 0.303. The largest absolute Gasteiger partial charge is 0.391 e. The van der Waals surface area contributed by atoms with E-state index in [2.05, 4.69) is 11.9 Å². The van der Waals surface area contributed by atoms with Crippen molar-refractivity contribution in [1.29, 1.82) is 0 Å². The Labute approximate surface area is 248 Å². The molecule has 0 radical (unpaired) electrons. The van der Waals surface area contributed by atoms with Crippen LogP contribution < -0.4 is 5.73 Å². The number of alkyl halides is 3. The number of primary amides is 1. The lowest BCUT2D eigenvalue weighted by Crippen LogP contribution is -2.19. The number of rotatable bonds is 10. The number of unbranched alkanes of at least 4 members (excludes halogenated alkanes) is 1. The highest BCUT2D eigenvalue weighted by Gasteiger charge is 2.35. The molecule has 43 heavy (non-hydrogen) atoms. The summed E-state index contributed by atoms with van der Waals surface area (Å²) in [5.74, 6) is -2.87. The predicted octanol–water partition coefficient (Wildman–Crippen LogP) is 7.64. The molecule has 2 atom stereocenters. The van der Waals surface area contributed by atoms with Gasteiger partial charge in [0.2, 0.25) is 0 Å². The zero-order valence-electron chi connectivity index (χ0n) is 24.3. The summed E-state index contributed by atoms with van der Waals surface area (Å²) in [7, 11) is -3.83. The van der Waals surface area contributed by atoms with Gasteiger partial charge in [0, 0.05) is 17.3 Å². The van der Waals surface area contributed by atoms with Gasteiger partial charge < -0.3 is 10.3 Å². The zero-order valence-corrected chi connectivity index (χ0v) is 25.1. The van der Waals surface area contributed by atoms with Crippen LogP contribution >= 0.6 is 0 Å². The lowest BCUT2D eigenvalue weighted by atomic mass is 10.0. The Bertz CT molecular complexity index is 1700. The Hall–Kier alpha value is -3.73. The number of benzene rings is 1. The lowest BCUT2D eigenvalue weighted by Gasteiger charge is -2.15. The Morgan fingerprint density at radius 1 is 1.21 bits per heavy atom. The highest BCUT2D eigenvalue weighted by molar-refractivity contribution is 7.91. The SMILES string of the molecule is CCc1cc2c(cc1F)c(C(N)=O)c(-c1ccc(S(=O)(=O)CCCCC(C)C(F)(F)F)cn1)n2C1=CC=CCC(C)C=C1. The molecular weight excluding hydrogens is 582 g/mol. The van der Waals surface area contributed by atoms with Gasteiger partial charge in [-0.1, -0.05) is 45.4 Å². The van der Waals surface area contributed by atoms with Crippen LogP contribution in [-0.2, 0) is 16.3 Å². The molecule has 2 N–H and O–H groups in total. The van der Waals surface area contributed by atoms with Crippen molar-refractivity contribution in [3.63, 3.8) is 0 Å². The van der Waals surface area contributed by atoms with Crippen molar-refractivity contribution in [2.24, 2.45) is 17.6 Å². The maximum absolute atomic E-state index is 15.0. The van der Waals surface area contributed by atoms with Crippen LogP contribution in [0.1, 0.15) is 62.4 Å². The van der Waals surface area contributed by atoms with Crippen molar-refractivity contribution < 1.29 is 30.8 Å². The standard InChI is InChI=1S/C32H35F4N3O3S/c1-4-22-17-28-25(18-26(22)33)29(31(37)40)30(39(28)23-11-6-5-9-20(2)12-13-23)27-15-14-24(19-38-27)43(41,42)16-8-7-10-21(3)32(34,35)36/h5-6,11-15,17-21H,4,7-10,16H2,1-3H3,(H2,37,40). The minimum Gasteiger partial charge on any atom is -0.366 e. The number of allylic oxidation sites excluding steroid dienone is 6. The van der Waals surface area contributed by atoms with Crippen LogP contribution in [0.2, 0.25) is 0 Å². The van der Waals surface area contributed by atoms with E-state index in [4.69, 9.17) is 5.73 Å². The maximum atomic E-state index is 15.0. The molecular formula is C32H35F4N3O3S. The highest BCUT2D eigenvalue weighted by atomic mass is 32.2. The fraction of sp³-hybridized carbons (Fsp3) is 0.375. The number of sulfone groups is 1. The molecule has 2 heterocycles. The molecule has 0 fully saturated rings. The van der Waals surface area contributed by atoms with Crippen molar-refractivity contribution in [1.82, 2.24) is 9.55 Å². The Morgan fingerprint density at radius 3 is 2.58 bits per heavy atom. The van der Waals surface area contributed by atoms with Crippen LogP contribution in [0.15, 0.2) is 65.7 Å². The first-order chi connectivity index (χ1) is 20.2. The summed E-state index contributed by atoms with van der Waals surface area (Å²) in [6, 6.07) is 5.78. The average molecular weight is 618 g/mol. The summed E-state index contributed by atoms with van der Waals surface area (Å²) >= 11 is 0. The number of fused-ring (bicyclic) bond motifs is 1. The van der Waals surface area contributed by atoms with Crippen LogP contribution in [0.5, 0.6) is 0 Å². The third kappa shape index (κ3) is 7.09. The van der Waals surface area contributed by atoms with Gasteiger partial charge in [0.25, 0.3) is 5.91 Å². The van der Waals surface area contributed by atoms with Gasteiger partial charge >= 0.3 is 6.18 Å². The first-order valence-corrected chi connectivity index (χ1v) is 15.9. The molecule has 0 bridgehead atoms. The molecule has 0 spiro atoms. The van der Waals surface area contributed by atoms with E-state index in [0.717, 1.165) is 19.5 Å². The number of carbonyl (C=O) groups excluding carboxylic acids is 1. The minimum atomic E-state index is -4.31. The fourth-order valence-corrected chi connectivity index (χ4v) is 6.42. The van der Waals surface area contributed by atoms with Gasteiger partial charge in [-0.3, -0.25) is 9.78 Å². The van der Waals surface area contributed by atoms with E-state index in [0.29, 0.717) is 28.6 Å². The number of aryl methyl sites for hydroxylation is 1. The molecule has 1 aromatic carbocycles. The van der Waals surface area contributed by atoms with Crippen molar-refractivity contribution >= 4 is 32.3 Å². The summed E-state index contributed by atoms with van der Waals surface area (Å²) < 4.78 is 81.0. The van der Waals surface area contributed by atoms with Crippen LogP contribution in [0.4, 0.5) is 17.6 Å². The van der Waals surface area contributed by atoms with E-state index in [1.807, 2.05) is 37.3 Å². The molecule has 2 unspecified atom stereocenters. The molecule has 1 amide bonds. The predicted molar refractivity (Wildman–Crippen MR) is 160 cm³/mol. The van der Waals surface area contributed by atoms with Gasteiger partial charge in [-0.05, 0) is 73.6 Å². The molecule has 2 aromatic heterocycles. The number of aromatic nitrogens is 2. The number of pyridine rings is 1. The monoisotopic (exact) mass is 617 g/mol. The van der Waals surface area contributed by atoms with Gasteiger partial charge in [-0.25, -0.2) is 12.8 Å². The van der Waals surface area contributed by atoms with Gasteiger partial charge in [-0.15, -0.1) is 0 Å². The summed E-state index contributed by atoms with van der Waals surface area (Å²) in [5.41, 5.74) is 8.11. The van der Waals surface area contributed by atoms with E-state index in [1.165, 1.54) is 18.2 Å². The first-order valence-electron chi connectivity index (χ1n) is 14.2. The number of hydrogen-bond acceptors (Lipinski definition) is 4. The van der Waals surface area contributed by atoms with Crippen molar-refractivity contribution in [3.8, 4) is 11.4 Å². The molecule has 6 nitrogen and oxygen atoms in total. The minimum absolute atomic E-state index is 0.0480. The molecule has 4 rings (SSSR count). The Morgan fingerprint density at radius 2 is 1.95 bits per heavy atom. The van der Waals surface area contributed by atoms with Gasteiger partial charge in [0.15, 0.2) is 9.84 Å². The van der Waals surface area contributed by atoms with Gasteiger partial charge in [0.05, 0.1) is 39.0 Å².